The van der Waals surface area contributed by atoms with Crippen LogP contribution in [0.4, 0.5) is 0 Å². The molecule has 0 aliphatic heterocycles. The molecule has 0 aromatic heterocycles. The molecule has 0 rings (SSSR count). The molecular formula is C27H54O5PS+. The fraction of sp³-hybridized carbons (Fsp3) is 0.963. The maximum absolute atomic E-state index is 11.8. The molecule has 5 nitrogen and oxygen atoms in total. The largest absolute Gasteiger partial charge is 0.476 e. The lowest BCUT2D eigenvalue weighted by Gasteiger charge is -2.26. The maximum atomic E-state index is 11.8. The van der Waals surface area contributed by atoms with Crippen LogP contribution >= 0.6 is 20.2 Å². The van der Waals surface area contributed by atoms with E-state index in [4.69, 9.17) is 9.47 Å². The van der Waals surface area contributed by atoms with Crippen molar-refractivity contribution < 1.29 is 23.9 Å². The number of ether oxygens (including phenoxy) is 2. The number of rotatable bonds is 26. The van der Waals surface area contributed by atoms with Gasteiger partial charge in [0.2, 0.25) is 0 Å². The number of carbonyl (C=O) groups is 1. The number of carboxylic acids is 1. The minimum absolute atomic E-state index is 0.102. The fourth-order valence-electron chi connectivity index (χ4n) is 3.95. The predicted octanol–water partition coefficient (Wildman–Crippen LogP) is 8.62. The molecule has 34 heavy (non-hydrogen) atoms. The van der Waals surface area contributed by atoms with Gasteiger partial charge in [0, 0.05) is 5.25 Å². The SMILES string of the molecule is CCCCCCCCCCCCSC(CCCCCC)C(C)OCC(OCCC)([PH+]=O)C(=O)O. The first-order valence-electron chi connectivity index (χ1n) is 14.0. The lowest BCUT2D eigenvalue weighted by atomic mass is 10.1. The van der Waals surface area contributed by atoms with Gasteiger partial charge in [-0.3, -0.25) is 0 Å². The highest BCUT2D eigenvalue weighted by molar-refractivity contribution is 7.99. The predicted molar refractivity (Wildman–Crippen MR) is 148 cm³/mol. The molecule has 4 unspecified atom stereocenters. The van der Waals surface area contributed by atoms with Gasteiger partial charge in [-0.15, -0.1) is 0 Å². The Labute approximate surface area is 216 Å². The van der Waals surface area contributed by atoms with Gasteiger partial charge in [-0.05, 0) is 31.9 Å². The summed E-state index contributed by atoms with van der Waals surface area (Å²) in [6.07, 6.45) is 19.9. The number of unbranched alkanes of at least 4 members (excludes halogenated alkanes) is 12. The molecule has 0 aliphatic rings. The molecule has 7 heteroatoms. The number of thioether (sulfide) groups is 1. The van der Waals surface area contributed by atoms with Crippen LogP contribution in [-0.2, 0) is 18.8 Å². The summed E-state index contributed by atoms with van der Waals surface area (Å²) in [5.74, 6) is -0.0958. The van der Waals surface area contributed by atoms with Gasteiger partial charge in [0.1, 0.15) is 6.61 Å². The van der Waals surface area contributed by atoms with Crippen molar-refractivity contribution in [3.8, 4) is 0 Å². The first-order valence-corrected chi connectivity index (χ1v) is 15.9. The highest BCUT2D eigenvalue weighted by Crippen LogP contribution is 2.30. The van der Waals surface area contributed by atoms with Crippen LogP contribution in [0.1, 0.15) is 130 Å². The molecule has 4 atom stereocenters. The smallest absolute Gasteiger partial charge is 0.390 e. The Morgan fingerprint density at radius 2 is 1.38 bits per heavy atom. The van der Waals surface area contributed by atoms with E-state index in [1.165, 1.54) is 83.5 Å². The second-order valence-corrected chi connectivity index (χ2v) is 11.9. The van der Waals surface area contributed by atoms with Crippen molar-refractivity contribution in [2.75, 3.05) is 19.0 Å². The van der Waals surface area contributed by atoms with E-state index in [1.54, 1.807) is 0 Å². The fourth-order valence-corrected chi connectivity index (χ4v) is 5.70. The van der Waals surface area contributed by atoms with Crippen molar-refractivity contribution in [1.29, 1.82) is 0 Å². The second kappa shape index (κ2) is 23.3. The van der Waals surface area contributed by atoms with E-state index < -0.39 is 19.8 Å². The normalized spacial score (nSPS) is 15.3. The van der Waals surface area contributed by atoms with Crippen LogP contribution in [0.15, 0.2) is 0 Å². The Balaban J connectivity index is 4.47. The van der Waals surface area contributed by atoms with E-state index >= 15 is 0 Å². The summed E-state index contributed by atoms with van der Waals surface area (Å²) in [6, 6.07) is 0. The zero-order valence-electron chi connectivity index (χ0n) is 22.6. The third-order valence-corrected chi connectivity index (χ3v) is 8.71. The molecule has 0 spiro atoms. The molecule has 0 saturated heterocycles. The zero-order chi connectivity index (χ0) is 25.5. The molecule has 0 aromatic carbocycles. The van der Waals surface area contributed by atoms with Crippen LogP contribution in [0, 0.1) is 0 Å². The molecule has 0 heterocycles. The molecule has 0 saturated carbocycles. The summed E-state index contributed by atoms with van der Waals surface area (Å²) in [5.41, 5.74) is 0. The Hall–Kier alpha value is -0.160. The lowest BCUT2D eigenvalue weighted by Crippen LogP contribution is -2.43. The average molecular weight is 522 g/mol. The molecule has 0 fully saturated rings. The topological polar surface area (TPSA) is 72.8 Å². The Kier molecular flexibility index (Phi) is 23.1. The van der Waals surface area contributed by atoms with Crippen molar-refractivity contribution in [2.24, 2.45) is 0 Å². The van der Waals surface area contributed by atoms with Crippen LogP contribution in [0.25, 0.3) is 0 Å². The zero-order valence-corrected chi connectivity index (χ0v) is 24.4. The van der Waals surface area contributed by atoms with Crippen molar-refractivity contribution in [1.82, 2.24) is 0 Å². The molecule has 1 N–H and O–H groups in total. The van der Waals surface area contributed by atoms with E-state index in [0.29, 0.717) is 11.7 Å². The summed E-state index contributed by atoms with van der Waals surface area (Å²) in [4.78, 5) is 11.8. The Bertz CT molecular complexity index is 494. The molecule has 0 radical (unpaired) electrons. The van der Waals surface area contributed by atoms with E-state index in [-0.39, 0.29) is 19.3 Å². The molecule has 0 amide bonds. The van der Waals surface area contributed by atoms with Crippen LogP contribution < -0.4 is 0 Å². The monoisotopic (exact) mass is 521 g/mol. The van der Waals surface area contributed by atoms with Crippen molar-refractivity contribution in [2.45, 2.75) is 147 Å². The number of carboxylic acid groups (broad SMARTS) is 1. The first kappa shape index (κ1) is 33.8. The van der Waals surface area contributed by atoms with Gasteiger partial charge < -0.3 is 14.6 Å². The summed E-state index contributed by atoms with van der Waals surface area (Å²) >= 11 is 1.96. The molecular weight excluding hydrogens is 467 g/mol. The molecule has 0 aliphatic carbocycles. The minimum atomic E-state index is -1.75. The van der Waals surface area contributed by atoms with Gasteiger partial charge in [-0.25, -0.2) is 4.79 Å². The Morgan fingerprint density at radius 1 is 0.853 bits per heavy atom. The van der Waals surface area contributed by atoms with Crippen LogP contribution in [0.3, 0.4) is 0 Å². The van der Waals surface area contributed by atoms with Crippen molar-refractivity contribution in [3.63, 3.8) is 0 Å². The van der Waals surface area contributed by atoms with E-state index in [1.807, 2.05) is 25.6 Å². The van der Waals surface area contributed by atoms with Crippen molar-refractivity contribution >= 4 is 26.2 Å². The molecule has 202 valence electrons. The average Bonchev–Trinajstić information content (AvgIpc) is 2.83. The highest BCUT2D eigenvalue weighted by atomic mass is 32.2. The highest BCUT2D eigenvalue weighted by Gasteiger charge is 2.50. The van der Waals surface area contributed by atoms with E-state index in [9.17, 15) is 14.5 Å². The van der Waals surface area contributed by atoms with Crippen LogP contribution in [0.5, 0.6) is 0 Å². The van der Waals surface area contributed by atoms with Gasteiger partial charge in [-0.2, -0.15) is 11.8 Å². The van der Waals surface area contributed by atoms with Gasteiger partial charge >= 0.3 is 19.8 Å². The first-order chi connectivity index (χ1) is 16.5. The minimum Gasteiger partial charge on any atom is -0.476 e. The van der Waals surface area contributed by atoms with Gasteiger partial charge in [0.25, 0.3) is 0 Å². The van der Waals surface area contributed by atoms with Crippen LogP contribution in [0.2, 0.25) is 0 Å². The third kappa shape index (κ3) is 16.5. The number of hydrogen-bond acceptors (Lipinski definition) is 5. The molecule has 0 bridgehead atoms. The maximum Gasteiger partial charge on any atom is 0.390 e. The summed E-state index contributed by atoms with van der Waals surface area (Å²) in [7, 11) is -1.10. The summed E-state index contributed by atoms with van der Waals surface area (Å²) < 4.78 is 23.2. The quantitative estimate of drug-likeness (QED) is 0.0907. The van der Waals surface area contributed by atoms with E-state index in [0.717, 1.165) is 18.6 Å². The molecule has 0 aromatic rings. The number of aliphatic carboxylic acids is 1. The summed E-state index contributed by atoms with van der Waals surface area (Å²) in [6.45, 7) is 8.49. The Morgan fingerprint density at radius 3 is 1.88 bits per heavy atom. The number of hydrogen-bond donors (Lipinski definition) is 1. The second-order valence-electron chi connectivity index (χ2n) is 9.54. The van der Waals surface area contributed by atoms with Crippen LogP contribution in [-0.4, -0.2) is 46.7 Å². The lowest BCUT2D eigenvalue weighted by molar-refractivity contribution is -0.162. The van der Waals surface area contributed by atoms with Gasteiger partial charge in [0.15, 0.2) is 0 Å². The third-order valence-electron chi connectivity index (χ3n) is 6.31. The summed E-state index contributed by atoms with van der Waals surface area (Å²) in [5, 5.41) is 8.19. The van der Waals surface area contributed by atoms with Gasteiger partial charge in [0.05, 0.1) is 12.7 Å². The van der Waals surface area contributed by atoms with Gasteiger partial charge in [-0.1, -0.05) is 109 Å². The van der Waals surface area contributed by atoms with Crippen molar-refractivity contribution in [3.05, 3.63) is 0 Å². The standard InChI is InChI=1S/C27H53O5PS/c1-5-8-10-12-13-14-15-16-17-19-22-34-25(20-18-11-9-6-2)24(4)31-23-27(33-30,26(28)29)32-21-7-3/h24-25H,5-23H2,1-4H3,(H,28,29)/p+1. The van der Waals surface area contributed by atoms with E-state index in [2.05, 4.69) is 13.8 Å².